The fraction of sp³-hybridized carbons (Fsp3) is 0.0625. The molecule has 0 aliphatic carbocycles. The van der Waals surface area contributed by atoms with Crippen LogP contribution in [0.15, 0.2) is 55.4 Å². The van der Waals surface area contributed by atoms with Crippen LogP contribution in [0.5, 0.6) is 0 Å². The molecule has 20 heavy (non-hydrogen) atoms. The summed E-state index contributed by atoms with van der Waals surface area (Å²) in [6.07, 6.45) is 0. The first-order valence-corrected chi connectivity index (χ1v) is 7.11. The number of thiophene rings is 1. The molecule has 0 aliphatic rings. The Morgan fingerprint density at radius 3 is 2.75 bits per heavy atom. The van der Waals surface area contributed by atoms with Gasteiger partial charge in [-0.2, -0.15) is 0 Å². The van der Waals surface area contributed by atoms with Crippen molar-refractivity contribution in [2.75, 3.05) is 0 Å². The minimum atomic E-state index is -0.357. The lowest BCUT2D eigenvalue weighted by molar-refractivity contribution is 0.520. The van der Waals surface area contributed by atoms with Gasteiger partial charge in [-0.15, -0.1) is 11.3 Å². The Bertz CT molecular complexity index is 974. The second kappa shape index (κ2) is 4.08. The highest BCUT2D eigenvalue weighted by Gasteiger charge is 2.16. The fourth-order valence-electron chi connectivity index (χ4n) is 2.40. The van der Waals surface area contributed by atoms with Gasteiger partial charge in [0.2, 0.25) is 0 Å². The first-order valence-electron chi connectivity index (χ1n) is 6.23. The van der Waals surface area contributed by atoms with Crippen LogP contribution in [0.2, 0.25) is 0 Å². The topological polar surface area (TPSA) is 43.4 Å². The van der Waals surface area contributed by atoms with Crippen LogP contribution in [0.25, 0.3) is 32.6 Å². The molecule has 3 nitrogen and oxygen atoms in total. The van der Waals surface area contributed by atoms with Gasteiger partial charge in [-0.3, -0.25) is 0 Å². The molecule has 0 radical (unpaired) electrons. The Hall–Kier alpha value is -2.33. The normalized spacial score (nSPS) is 11.4. The van der Waals surface area contributed by atoms with Crippen LogP contribution in [0.3, 0.4) is 0 Å². The maximum atomic E-state index is 11.8. The molecule has 0 saturated heterocycles. The van der Waals surface area contributed by atoms with E-state index in [9.17, 15) is 4.79 Å². The van der Waals surface area contributed by atoms with Crippen molar-refractivity contribution in [1.29, 1.82) is 0 Å². The van der Waals surface area contributed by atoms with Crippen molar-refractivity contribution in [2.24, 2.45) is 0 Å². The van der Waals surface area contributed by atoms with E-state index >= 15 is 0 Å². The summed E-state index contributed by atoms with van der Waals surface area (Å²) in [5.74, 6) is 0.511. The number of benzene rings is 1. The first kappa shape index (κ1) is 11.5. The van der Waals surface area contributed by atoms with E-state index in [4.69, 9.17) is 8.83 Å². The van der Waals surface area contributed by atoms with Crippen LogP contribution >= 0.6 is 11.3 Å². The number of rotatable bonds is 1. The van der Waals surface area contributed by atoms with Crippen molar-refractivity contribution in [3.05, 3.63) is 57.8 Å². The van der Waals surface area contributed by atoms with E-state index in [1.807, 2.05) is 42.6 Å². The monoisotopic (exact) mass is 282 g/mol. The van der Waals surface area contributed by atoms with E-state index in [1.54, 1.807) is 0 Å². The van der Waals surface area contributed by atoms with Crippen LogP contribution in [0.1, 0.15) is 5.56 Å². The highest BCUT2D eigenvalue weighted by Crippen LogP contribution is 2.36. The van der Waals surface area contributed by atoms with Gasteiger partial charge in [-0.25, -0.2) is 4.79 Å². The third-order valence-electron chi connectivity index (χ3n) is 3.30. The molecule has 0 fully saturated rings. The van der Waals surface area contributed by atoms with Crippen LogP contribution in [-0.2, 0) is 0 Å². The zero-order valence-corrected chi connectivity index (χ0v) is 11.5. The molecule has 3 heterocycles. The third-order valence-corrected chi connectivity index (χ3v) is 4.17. The van der Waals surface area contributed by atoms with Crippen LogP contribution in [0, 0.1) is 6.92 Å². The Balaban J connectivity index is 2.20. The van der Waals surface area contributed by atoms with Gasteiger partial charge in [-0.1, -0.05) is 18.2 Å². The van der Waals surface area contributed by atoms with Gasteiger partial charge in [0.1, 0.15) is 5.58 Å². The summed E-state index contributed by atoms with van der Waals surface area (Å²) in [4.78, 5) is 12.7. The van der Waals surface area contributed by atoms with Crippen molar-refractivity contribution in [3.63, 3.8) is 0 Å². The Morgan fingerprint density at radius 2 is 1.95 bits per heavy atom. The molecule has 0 N–H and O–H groups in total. The Morgan fingerprint density at radius 1 is 1.05 bits per heavy atom. The van der Waals surface area contributed by atoms with Crippen molar-refractivity contribution in [3.8, 4) is 10.6 Å². The minimum Gasteiger partial charge on any atom is -0.452 e. The molecular weight excluding hydrogens is 272 g/mol. The number of hydrogen-bond donors (Lipinski definition) is 0. The maximum absolute atomic E-state index is 11.8. The second-order valence-electron chi connectivity index (χ2n) is 4.72. The average molecular weight is 282 g/mol. The van der Waals surface area contributed by atoms with Gasteiger partial charge in [0.15, 0.2) is 11.3 Å². The smallest absolute Gasteiger partial charge is 0.337 e. The van der Waals surface area contributed by atoms with Gasteiger partial charge < -0.3 is 8.83 Å². The number of aryl methyl sites for hydroxylation is 1. The van der Waals surface area contributed by atoms with E-state index < -0.39 is 0 Å². The first-order chi connectivity index (χ1) is 9.72. The molecule has 0 amide bonds. The molecule has 0 aliphatic heterocycles. The summed E-state index contributed by atoms with van der Waals surface area (Å²) in [6.45, 7) is 2.01. The summed E-state index contributed by atoms with van der Waals surface area (Å²) in [5.41, 5.74) is 2.17. The quantitative estimate of drug-likeness (QED) is 0.513. The van der Waals surface area contributed by atoms with Gasteiger partial charge in [0, 0.05) is 16.8 Å². The maximum Gasteiger partial charge on any atom is 0.337 e. The van der Waals surface area contributed by atoms with E-state index in [-0.39, 0.29) is 5.63 Å². The van der Waals surface area contributed by atoms with E-state index in [1.165, 1.54) is 17.4 Å². The molecular formula is C16H10O3S. The molecule has 0 spiro atoms. The van der Waals surface area contributed by atoms with Gasteiger partial charge >= 0.3 is 5.63 Å². The van der Waals surface area contributed by atoms with Crippen LogP contribution < -0.4 is 5.63 Å². The summed E-state index contributed by atoms with van der Waals surface area (Å²) in [7, 11) is 0. The van der Waals surface area contributed by atoms with E-state index in [0.29, 0.717) is 11.3 Å². The Kier molecular flexibility index (Phi) is 2.35. The van der Waals surface area contributed by atoms with Crippen molar-refractivity contribution >= 4 is 33.3 Å². The zero-order chi connectivity index (χ0) is 13.7. The van der Waals surface area contributed by atoms with Crippen molar-refractivity contribution in [2.45, 2.75) is 6.92 Å². The number of furan rings is 1. The second-order valence-corrected chi connectivity index (χ2v) is 5.66. The molecule has 4 heteroatoms. The standard InChI is InChI=1S/C16H10O3S/c1-9-4-5-10-11-8-14(17)19-16(13-3-2-6-20-13)15(11)18-12(10)7-9/h2-8H,1H3. The highest BCUT2D eigenvalue weighted by molar-refractivity contribution is 7.13. The predicted octanol–water partition coefficient (Wildman–Crippen LogP) is 4.58. The number of fused-ring (bicyclic) bond motifs is 3. The van der Waals surface area contributed by atoms with Gasteiger partial charge in [-0.05, 0) is 30.0 Å². The molecule has 0 saturated carbocycles. The summed E-state index contributed by atoms with van der Waals surface area (Å²) < 4.78 is 11.3. The molecule has 3 aromatic heterocycles. The summed E-state index contributed by atoms with van der Waals surface area (Å²) in [5, 5.41) is 3.69. The predicted molar refractivity (Wildman–Crippen MR) is 80.3 cm³/mol. The summed E-state index contributed by atoms with van der Waals surface area (Å²) >= 11 is 1.52. The lowest BCUT2D eigenvalue weighted by Gasteiger charge is -1.96. The zero-order valence-electron chi connectivity index (χ0n) is 10.7. The average Bonchev–Trinajstić information content (AvgIpc) is 3.04. The molecule has 0 bridgehead atoms. The lowest BCUT2D eigenvalue weighted by atomic mass is 10.1. The number of hydrogen-bond acceptors (Lipinski definition) is 4. The molecule has 98 valence electrons. The minimum absolute atomic E-state index is 0.357. The fourth-order valence-corrected chi connectivity index (χ4v) is 3.10. The highest BCUT2D eigenvalue weighted by atomic mass is 32.1. The van der Waals surface area contributed by atoms with E-state index in [0.717, 1.165) is 26.8 Å². The molecule has 4 aromatic rings. The molecule has 1 aromatic carbocycles. The Labute approximate surface area is 118 Å². The molecule has 0 atom stereocenters. The largest absolute Gasteiger partial charge is 0.452 e. The van der Waals surface area contributed by atoms with Gasteiger partial charge in [0.05, 0.1) is 4.88 Å². The SMILES string of the molecule is Cc1ccc2c(c1)oc1c(-c3cccs3)oc(=O)cc12. The molecule has 4 rings (SSSR count). The summed E-state index contributed by atoms with van der Waals surface area (Å²) in [6, 6.07) is 11.3. The molecule has 0 unspecified atom stereocenters. The van der Waals surface area contributed by atoms with Crippen molar-refractivity contribution < 1.29 is 8.83 Å². The van der Waals surface area contributed by atoms with Crippen LogP contribution in [0.4, 0.5) is 0 Å². The van der Waals surface area contributed by atoms with Crippen LogP contribution in [-0.4, -0.2) is 0 Å². The van der Waals surface area contributed by atoms with Gasteiger partial charge in [0.25, 0.3) is 0 Å². The lowest BCUT2D eigenvalue weighted by Crippen LogP contribution is -1.96. The van der Waals surface area contributed by atoms with Crippen molar-refractivity contribution in [1.82, 2.24) is 0 Å². The third kappa shape index (κ3) is 1.62. The van der Waals surface area contributed by atoms with E-state index in [2.05, 4.69) is 0 Å².